The molecule has 1 saturated heterocycles. The van der Waals surface area contributed by atoms with E-state index in [-0.39, 0.29) is 5.91 Å². The summed E-state index contributed by atoms with van der Waals surface area (Å²) in [5.74, 6) is 0.335. The van der Waals surface area contributed by atoms with Gasteiger partial charge < -0.3 is 16.0 Å². The van der Waals surface area contributed by atoms with Crippen molar-refractivity contribution in [2.75, 3.05) is 23.3 Å². The van der Waals surface area contributed by atoms with Crippen LogP contribution in [0.1, 0.15) is 19.8 Å². The summed E-state index contributed by atoms with van der Waals surface area (Å²) in [5.41, 5.74) is 6.58. The second-order valence-electron chi connectivity index (χ2n) is 4.37. The van der Waals surface area contributed by atoms with E-state index in [0.717, 1.165) is 18.8 Å². The molecule has 1 aliphatic heterocycles. The molecule has 0 unspecified atom stereocenters. The number of carbonyl (C=O) groups excluding carboxylic acids is 1. The third-order valence-electron chi connectivity index (χ3n) is 2.88. The lowest BCUT2D eigenvalue weighted by molar-refractivity contribution is -0.117. The van der Waals surface area contributed by atoms with E-state index in [1.165, 1.54) is 12.8 Å². The first-order valence-corrected chi connectivity index (χ1v) is 5.94. The number of nitrogens with two attached hydrogens (primary N) is 1. The Kier molecular flexibility index (Phi) is 3.58. The number of nitrogens with one attached hydrogen (secondary N) is 1. The van der Waals surface area contributed by atoms with Gasteiger partial charge in [0.15, 0.2) is 0 Å². The van der Waals surface area contributed by atoms with Gasteiger partial charge in [-0.15, -0.1) is 0 Å². The second-order valence-corrected chi connectivity index (χ2v) is 4.37. The SMILES string of the molecule is C[C@@H](N)C(=O)Nc1ccc(N2CCCC2)cn1. The Morgan fingerprint density at radius 1 is 1.47 bits per heavy atom. The molecule has 1 aromatic rings. The van der Waals surface area contributed by atoms with Crippen molar-refractivity contribution >= 4 is 17.4 Å². The molecule has 5 nitrogen and oxygen atoms in total. The Balaban J connectivity index is 2.00. The molecule has 0 aromatic carbocycles. The molecule has 0 saturated carbocycles. The molecule has 5 heteroatoms. The second kappa shape index (κ2) is 5.14. The molecular weight excluding hydrogens is 216 g/mol. The highest BCUT2D eigenvalue weighted by molar-refractivity contribution is 5.93. The van der Waals surface area contributed by atoms with Gasteiger partial charge in [0.2, 0.25) is 5.91 Å². The van der Waals surface area contributed by atoms with Gasteiger partial charge >= 0.3 is 0 Å². The summed E-state index contributed by atoms with van der Waals surface area (Å²) in [6.07, 6.45) is 4.27. The summed E-state index contributed by atoms with van der Waals surface area (Å²) < 4.78 is 0. The average molecular weight is 234 g/mol. The summed E-state index contributed by atoms with van der Waals surface area (Å²) in [6, 6.07) is 3.28. The Morgan fingerprint density at radius 2 is 2.18 bits per heavy atom. The number of hydrogen-bond acceptors (Lipinski definition) is 4. The van der Waals surface area contributed by atoms with Crippen LogP contribution >= 0.6 is 0 Å². The Labute approximate surface area is 101 Å². The maximum atomic E-state index is 11.4. The van der Waals surface area contributed by atoms with E-state index < -0.39 is 6.04 Å². The summed E-state index contributed by atoms with van der Waals surface area (Å²) in [7, 11) is 0. The van der Waals surface area contributed by atoms with E-state index in [9.17, 15) is 4.79 Å². The number of amides is 1. The smallest absolute Gasteiger partial charge is 0.242 e. The zero-order valence-electron chi connectivity index (χ0n) is 10.0. The van der Waals surface area contributed by atoms with E-state index in [0.29, 0.717) is 5.82 Å². The third-order valence-corrected chi connectivity index (χ3v) is 2.88. The molecule has 1 fully saturated rings. The van der Waals surface area contributed by atoms with Gasteiger partial charge in [-0.3, -0.25) is 4.79 Å². The van der Waals surface area contributed by atoms with Crippen LogP contribution in [-0.2, 0) is 4.79 Å². The van der Waals surface area contributed by atoms with Crippen molar-refractivity contribution in [3.8, 4) is 0 Å². The first kappa shape index (κ1) is 11.9. The fraction of sp³-hybridized carbons (Fsp3) is 0.500. The number of nitrogens with zero attached hydrogens (tertiary/aromatic N) is 2. The van der Waals surface area contributed by atoms with Gasteiger partial charge in [-0.1, -0.05) is 0 Å². The highest BCUT2D eigenvalue weighted by Crippen LogP contribution is 2.20. The summed E-state index contributed by atoms with van der Waals surface area (Å²) >= 11 is 0. The highest BCUT2D eigenvalue weighted by atomic mass is 16.2. The maximum absolute atomic E-state index is 11.4. The van der Waals surface area contributed by atoms with Crippen LogP contribution in [0.3, 0.4) is 0 Å². The molecule has 3 N–H and O–H groups in total. The summed E-state index contributed by atoms with van der Waals surface area (Å²) in [5, 5.41) is 2.67. The van der Waals surface area contributed by atoms with Crippen LogP contribution < -0.4 is 16.0 Å². The van der Waals surface area contributed by atoms with Crippen LogP contribution in [0, 0.1) is 0 Å². The van der Waals surface area contributed by atoms with Gasteiger partial charge in [-0.25, -0.2) is 4.98 Å². The topological polar surface area (TPSA) is 71.2 Å². The van der Waals surface area contributed by atoms with Crippen molar-refractivity contribution < 1.29 is 4.79 Å². The van der Waals surface area contributed by atoms with E-state index >= 15 is 0 Å². The minimum absolute atomic E-state index is 0.216. The maximum Gasteiger partial charge on any atom is 0.242 e. The summed E-state index contributed by atoms with van der Waals surface area (Å²) in [6.45, 7) is 3.83. The largest absolute Gasteiger partial charge is 0.370 e. The van der Waals surface area contributed by atoms with Crippen molar-refractivity contribution in [3.63, 3.8) is 0 Å². The molecule has 2 rings (SSSR count). The molecule has 0 radical (unpaired) electrons. The van der Waals surface area contributed by atoms with Crippen molar-refractivity contribution in [3.05, 3.63) is 18.3 Å². The Morgan fingerprint density at radius 3 is 2.71 bits per heavy atom. The van der Waals surface area contributed by atoms with Crippen molar-refractivity contribution in [2.24, 2.45) is 5.73 Å². The molecule has 0 spiro atoms. The van der Waals surface area contributed by atoms with Crippen LogP contribution in [0.2, 0.25) is 0 Å². The number of pyridine rings is 1. The summed E-state index contributed by atoms with van der Waals surface area (Å²) in [4.78, 5) is 17.9. The van der Waals surface area contributed by atoms with Gasteiger partial charge in [-0.05, 0) is 31.9 Å². The molecule has 92 valence electrons. The molecule has 0 aliphatic carbocycles. The van der Waals surface area contributed by atoms with Gasteiger partial charge in [0.25, 0.3) is 0 Å². The molecule has 1 atom stereocenters. The molecule has 0 bridgehead atoms. The van der Waals surface area contributed by atoms with Crippen molar-refractivity contribution in [1.82, 2.24) is 4.98 Å². The zero-order chi connectivity index (χ0) is 12.3. The van der Waals surface area contributed by atoms with Crippen LogP contribution in [0.4, 0.5) is 11.5 Å². The molecule has 2 heterocycles. The number of carbonyl (C=O) groups is 1. The zero-order valence-corrected chi connectivity index (χ0v) is 10.0. The first-order chi connectivity index (χ1) is 8.16. The highest BCUT2D eigenvalue weighted by Gasteiger charge is 2.13. The van der Waals surface area contributed by atoms with E-state index in [1.807, 2.05) is 12.1 Å². The van der Waals surface area contributed by atoms with Gasteiger partial charge in [0.1, 0.15) is 5.82 Å². The predicted molar refractivity (Wildman–Crippen MR) is 68.0 cm³/mol. The first-order valence-electron chi connectivity index (χ1n) is 5.94. The van der Waals surface area contributed by atoms with E-state index in [1.54, 1.807) is 13.1 Å². The lowest BCUT2D eigenvalue weighted by Gasteiger charge is -2.17. The molecule has 1 amide bonds. The molecule has 1 aromatic heterocycles. The minimum Gasteiger partial charge on any atom is -0.370 e. The van der Waals surface area contributed by atoms with Crippen LogP contribution in [0.15, 0.2) is 18.3 Å². The quantitative estimate of drug-likeness (QED) is 0.817. The number of hydrogen-bond donors (Lipinski definition) is 2. The molecule has 1 aliphatic rings. The van der Waals surface area contributed by atoms with E-state index in [2.05, 4.69) is 15.2 Å². The molecule has 17 heavy (non-hydrogen) atoms. The standard InChI is InChI=1S/C12H18N4O/c1-9(13)12(17)15-11-5-4-10(8-14-11)16-6-2-3-7-16/h4-5,8-9H,2-3,6-7,13H2,1H3,(H,14,15,17)/t9-/m1/s1. The van der Waals surface area contributed by atoms with Crippen molar-refractivity contribution in [1.29, 1.82) is 0 Å². The lowest BCUT2D eigenvalue weighted by Crippen LogP contribution is -2.32. The fourth-order valence-corrected chi connectivity index (χ4v) is 1.86. The number of anilines is 2. The fourth-order valence-electron chi connectivity index (χ4n) is 1.86. The normalized spacial score (nSPS) is 16.9. The number of aromatic nitrogens is 1. The van der Waals surface area contributed by atoms with Gasteiger partial charge in [0.05, 0.1) is 17.9 Å². The van der Waals surface area contributed by atoms with Crippen molar-refractivity contribution in [2.45, 2.75) is 25.8 Å². The van der Waals surface area contributed by atoms with Crippen LogP contribution in [0.25, 0.3) is 0 Å². The third kappa shape index (κ3) is 2.94. The Bertz CT molecular complexity index is 382. The van der Waals surface area contributed by atoms with Crippen LogP contribution in [0.5, 0.6) is 0 Å². The molecular formula is C12H18N4O. The van der Waals surface area contributed by atoms with E-state index in [4.69, 9.17) is 5.73 Å². The minimum atomic E-state index is -0.518. The Hall–Kier alpha value is -1.62. The lowest BCUT2D eigenvalue weighted by atomic mass is 10.3. The van der Waals surface area contributed by atoms with Gasteiger partial charge in [-0.2, -0.15) is 0 Å². The van der Waals surface area contributed by atoms with Crippen LogP contribution in [-0.4, -0.2) is 30.0 Å². The average Bonchev–Trinajstić information content (AvgIpc) is 2.83. The number of rotatable bonds is 3. The van der Waals surface area contributed by atoms with Gasteiger partial charge in [0, 0.05) is 13.1 Å². The predicted octanol–water partition coefficient (Wildman–Crippen LogP) is 0.967. The monoisotopic (exact) mass is 234 g/mol.